The van der Waals surface area contributed by atoms with E-state index in [9.17, 15) is 4.79 Å². The summed E-state index contributed by atoms with van der Waals surface area (Å²) in [5.74, 6) is -0.0149. The van der Waals surface area contributed by atoms with Crippen molar-refractivity contribution >= 4 is 23.4 Å². The molecule has 0 aromatic carbocycles. The fourth-order valence-corrected chi connectivity index (χ4v) is 2.39. The van der Waals surface area contributed by atoms with Crippen molar-refractivity contribution in [1.82, 2.24) is 5.32 Å². The third kappa shape index (κ3) is 4.41. The first-order valence-electron chi connectivity index (χ1n) is 6.01. The summed E-state index contributed by atoms with van der Waals surface area (Å²) >= 11 is 1.41. The molecule has 1 saturated heterocycles. The highest BCUT2D eigenvalue weighted by atomic mass is 32.2. The maximum Gasteiger partial charge on any atom is 0.271 e. The minimum Gasteiger partial charge on any atom is -0.395 e. The Morgan fingerprint density at radius 3 is 2.74 bits per heavy atom. The number of allylic oxidation sites excluding steroid dienone is 1. The molecule has 1 amide bonds. The largest absolute Gasteiger partial charge is 0.395 e. The van der Waals surface area contributed by atoms with Crippen LogP contribution in [0.2, 0.25) is 0 Å². The van der Waals surface area contributed by atoms with Crippen LogP contribution in [0.4, 0.5) is 0 Å². The number of nitrogens with two attached hydrogens (primary N) is 2. The zero-order valence-electron chi connectivity index (χ0n) is 10.8. The van der Waals surface area contributed by atoms with Gasteiger partial charge in [-0.2, -0.15) is 0 Å². The summed E-state index contributed by atoms with van der Waals surface area (Å²) < 4.78 is 5.33. The Morgan fingerprint density at radius 2 is 2.21 bits per heavy atom. The molecule has 1 rings (SSSR count). The highest BCUT2D eigenvalue weighted by Gasteiger charge is 2.27. The molecule has 7 nitrogen and oxygen atoms in total. The molecule has 1 aliphatic heterocycles. The number of thioether (sulfide) groups is 1. The molecule has 1 aliphatic rings. The van der Waals surface area contributed by atoms with Gasteiger partial charge in [-0.05, 0) is 6.42 Å². The molecule has 0 aliphatic carbocycles. The Labute approximate surface area is 116 Å². The number of carbonyl (C=O) groups excluding carboxylic acids is 1. The third-order valence-electron chi connectivity index (χ3n) is 2.55. The molecule has 0 aromatic rings. The van der Waals surface area contributed by atoms with Crippen molar-refractivity contribution < 1.29 is 14.6 Å². The lowest BCUT2D eigenvalue weighted by molar-refractivity contribution is -0.121. The molecule has 7 N–H and O–H groups in total. The first-order valence-corrected chi connectivity index (χ1v) is 7.06. The van der Waals surface area contributed by atoms with E-state index in [4.69, 9.17) is 26.7 Å². The van der Waals surface area contributed by atoms with Crippen LogP contribution in [0.5, 0.6) is 0 Å². The van der Waals surface area contributed by atoms with Gasteiger partial charge in [0.05, 0.1) is 18.0 Å². The normalized spacial score (nSPS) is 23.9. The predicted octanol–water partition coefficient (Wildman–Crippen LogP) is -0.541. The van der Waals surface area contributed by atoms with Crippen LogP contribution in [-0.2, 0) is 9.53 Å². The lowest BCUT2D eigenvalue weighted by Gasteiger charge is -2.14. The molecule has 19 heavy (non-hydrogen) atoms. The second-order valence-electron chi connectivity index (χ2n) is 4.10. The molecular formula is C11H20N4O3S. The lowest BCUT2D eigenvalue weighted by atomic mass is 10.1. The summed E-state index contributed by atoms with van der Waals surface area (Å²) in [6.07, 6.45) is 0.735. The van der Waals surface area contributed by atoms with Gasteiger partial charge in [0, 0.05) is 5.75 Å². The number of aliphatic hydroxyl groups is 1. The minimum atomic E-state index is -0.553. The molecule has 2 atom stereocenters. The maximum absolute atomic E-state index is 11.8. The minimum absolute atomic E-state index is 0.00343. The van der Waals surface area contributed by atoms with Crippen molar-refractivity contribution in [3.63, 3.8) is 0 Å². The van der Waals surface area contributed by atoms with Gasteiger partial charge in [-0.25, -0.2) is 0 Å². The molecule has 108 valence electrons. The first-order chi connectivity index (χ1) is 8.99. The van der Waals surface area contributed by atoms with E-state index in [2.05, 4.69) is 5.32 Å². The summed E-state index contributed by atoms with van der Waals surface area (Å²) in [6, 6.07) is 0. The molecule has 0 saturated carbocycles. The van der Waals surface area contributed by atoms with Crippen LogP contribution in [-0.4, -0.2) is 40.7 Å². The van der Waals surface area contributed by atoms with E-state index in [1.807, 2.05) is 6.92 Å². The Balaban J connectivity index is 2.57. The van der Waals surface area contributed by atoms with E-state index in [1.165, 1.54) is 11.8 Å². The highest BCUT2D eigenvalue weighted by molar-refractivity contribution is 8.00. The number of ether oxygens (including phenoxy) is 1. The Morgan fingerprint density at radius 1 is 1.53 bits per heavy atom. The summed E-state index contributed by atoms with van der Waals surface area (Å²) in [4.78, 5) is 11.8. The van der Waals surface area contributed by atoms with E-state index >= 15 is 0 Å². The average Bonchev–Trinajstić information content (AvgIpc) is 2.84. The quantitative estimate of drug-likeness (QED) is 0.329. The molecular weight excluding hydrogens is 268 g/mol. The SMILES string of the molecule is CCCC(=N)/C(N)=C(\N)C(=O)NC1CSC(CO)O1. The first kappa shape index (κ1) is 15.8. The number of hydrogen-bond donors (Lipinski definition) is 5. The zero-order chi connectivity index (χ0) is 14.4. The van der Waals surface area contributed by atoms with Crippen LogP contribution >= 0.6 is 11.8 Å². The third-order valence-corrected chi connectivity index (χ3v) is 3.68. The zero-order valence-corrected chi connectivity index (χ0v) is 11.6. The van der Waals surface area contributed by atoms with E-state index in [1.54, 1.807) is 0 Å². The summed E-state index contributed by atoms with van der Waals surface area (Å²) in [5.41, 5.74) is 11.0. The molecule has 0 aromatic heterocycles. The van der Waals surface area contributed by atoms with Crippen LogP contribution in [0.3, 0.4) is 0 Å². The number of amides is 1. The van der Waals surface area contributed by atoms with Gasteiger partial charge < -0.3 is 32.0 Å². The molecule has 0 radical (unpaired) electrons. The van der Waals surface area contributed by atoms with Crippen LogP contribution in [0, 0.1) is 5.41 Å². The standard InChI is InChI=1S/C11H20N4O3S/c1-2-3-6(12)9(13)10(14)11(17)15-7-5-19-8(4-16)18-7/h7-8,12,16H,2-5,13-14H2,1H3,(H,15,17)/b10-9+,12-6?. The Hall–Kier alpha value is -1.25. The summed E-state index contributed by atoms with van der Waals surface area (Å²) in [6.45, 7) is 1.81. The second-order valence-corrected chi connectivity index (χ2v) is 5.29. The van der Waals surface area contributed by atoms with Crippen LogP contribution in [0.1, 0.15) is 19.8 Å². The van der Waals surface area contributed by atoms with Crippen molar-refractivity contribution in [2.24, 2.45) is 11.5 Å². The molecule has 1 fully saturated rings. The average molecular weight is 288 g/mol. The van der Waals surface area contributed by atoms with E-state index in [-0.39, 0.29) is 29.1 Å². The molecule has 0 spiro atoms. The van der Waals surface area contributed by atoms with Crippen molar-refractivity contribution in [2.45, 2.75) is 31.4 Å². The molecule has 1 heterocycles. The summed E-state index contributed by atoms with van der Waals surface area (Å²) in [5, 5.41) is 19.1. The van der Waals surface area contributed by atoms with Gasteiger partial charge in [0.2, 0.25) is 0 Å². The van der Waals surface area contributed by atoms with Gasteiger partial charge in [-0.1, -0.05) is 13.3 Å². The number of hydrogen-bond acceptors (Lipinski definition) is 7. The van der Waals surface area contributed by atoms with Crippen molar-refractivity contribution in [1.29, 1.82) is 5.41 Å². The number of carbonyl (C=O) groups is 1. The fraction of sp³-hybridized carbons (Fsp3) is 0.636. The van der Waals surface area contributed by atoms with Crippen molar-refractivity contribution in [3.05, 3.63) is 11.4 Å². The second kappa shape index (κ2) is 7.37. The number of rotatable bonds is 6. The molecule has 8 heteroatoms. The molecule has 2 unspecified atom stereocenters. The fourth-order valence-electron chi connectivity index (χ4n) is 1.52. The van der Waals surface area contributed by atoms with E-state index < -0.39 is 12.1 Å². The molecule has 0 bridgehead atoms. The maximum atomic E-state index is 11.8. The van der Waals surface area contributed by atoms with Gasteiger partial charge in [0.1, 0.15) is 17.4 Å². The predicted molar refractivity (Wildman–Crippen MR) is 74.4 cm³/mol. The smallest absolute Gasteiger partial charge is 0.271 e. The lowest BCUT2D eigenvalue weighted by Crippen LogP contribution is -2.41. The van der Waals surface area contributed by atoms with Gasteiger partial charge in [0.25, 0.3) is 5.91 Å². The van der Waals surface area contributed by atoms with Gasteiger partial charge in [-0.3, -0.25) is 4.79 Å². The van der Waals surface area contributed by atoms with Crippen LogP contribution < -0.4 is 16.8 Å². The van der Waals surface area contributed by atoms with Crippen molar-refractivity contribution in [3.8, 4) is 0 Å². The Kier molecular flexibility index (Phi) is 6.13. The van der Waals surface area contributed by atoms with Gasteiger partial charge >= 0.3 is 0 Å². The van der Waals surface area contributed by atoms with Crippen molar-refractivity contribution in [2.75, 3.05) is 12.4 Å². The topological polar surface area (TPSA) is 134 Å². The van der Waals surface area contributed by atoms with Gasteiger partial charge in [0.15, 0.2) is 0 Å². The van der Waals surface area contributed by atoms with E-state index in [0.29, 0.717) is 12.2 Å². The van der Waals surface area contributed by atoms with Crippen LogP contribution in [0.25, 0.3) is 0 Å². The van der Waals surface area contributed by atoms with Crippen LogP contribution in [0.15, 0.2) is 11.4 Å². The monoisotopic (exact) mass is 288 g/mol. The highest BCUT2D eigenvalue weighted by Crippen LogP contribution is 2.23. The number of aliphatic hydroxyl groups excluding tert-OH is 1. The van der Waals surface area contributed by atoms with E-state index in [0.717, 1.165) is 6.42 Å². The number of nitrogens with one attached hydrogen (secondary N) is 2. The Bertz CT molecular complexity index is 386. The van der Waals surface area contributed by atoms with Gasteiger partial charge in [-0.15, -0.1) is 11.8 Å². The summed E-state index contributed by atoms with van der Waals surface area (Å²) in [7, 11) is 0.